The molecule has 0 aliphatic heterocycles. The summed E-state index contributed by atoms with van der Waals surface area (Å²) in [7, 11) is -3.58. The van der Waals surface area contributed by atoms with Crippen molar-refractivity contribution in [3.63, 3.8) is 0 Å². The maximum Gasteiger partial charge on any atom is 0.243 e. The van der Waals surface area contributed by atoms with Crippen LogP contribution in [0.2, 0.25) is 0 Å². The number of benzene rings is 1. The van der Waals surface area contributed by atoms with E-state index >= 15 is 0 Å². The zero-order chi connectivity index (χ0) is 13.3. The minimum Gasteiger partial charge on any atom is -0.392 e. The van der Waals surface area contributed by atoms with Gasteiger partial charge in [0.25, 0.3) is 0 Å². The first-order chi connectivity index (χ1) is 8.50. The van der Waals surface area contributed by atoms with Crippen molar-refractivity contribution in [3.05, 3.63) is 29.6 Å². The van der Waals surface area contributed by atoms with Gasteiger partial charge in [0.2, 0.25) is 10.0 Å². The lowest BCUT2D eigenvalue weighted by Crippen LogP contribution is -2.33. The van der Waals surface area contributed by atoms with E-state index < -0.39 is 22.4 Å². The fourth-order valence-electron chi connectivity index (χ4n) is 1.96. The quantitative estimate of drug-likeness (QED) is 0.884. The molecular formula is C12H16FNO3S. The van der Waals surface area contributed by atoms with Gasteiger partial charge in [-0.15, -0.1) is 0 Å². The van der Waals surface area contributed by atoms with Gasteiger partial charge in [0.05, 0.1) is 11.5 Å². The molecule has 0 aromatic heterocycles. The zero-order valence-electron chi connectivity index (χ0n) is 10.1. The Morgan fingerprint density at radius 1 is 1.44 bits per heavy atom. The smallest absolute Gasteiger partial charge is 0.243 e. The third kappa shape index (κ3) is 2.41. The highest BCUT2D eigenvalue weighted by molar-refractivity contribution is 7.89. The summed E-state index contributed by atoms with van der Waals surface area (Å²) < 4.78 is 39.4. The molecule has 1 aromatic rings. The summed E-state index contributed by atoms with van der Waals surface area (Å²) in [6.07, 6.45) is 1.75. The minimum absolute atomic E-state index is 0.00271. The van der Waals surface area contributed by atoms with Gasteiger partial charge in [-0.3, -0.25) is 0 Å². The number of rotatable bonds is 5. The van der Waals surface area contributed by atoms with Crippen LogP contribution in [0.3, 0.4) is 0 Å². The van der Waals surface area contributed by atoms with Gasteiger partial charge in [0.1, 0.15) is 5.82 Å². The van der Waals surface area contributed by atoms with Gasteiger partial charge < -0.3 is 5.11 Å². The molecular weight excluding hydrogens is 257 g/mol. The summed E-state index contributed by atoms with van der Waals surface area (Å²) in [6.45, 7) is 1.68. The summed E-state index contributed by atoms with van der Waals surface area (Å²) >= 11 is 0. The van der Waals surface area contributed by atoms with Crippen molar-refractivity contribution in [1.82, 2.24) is 4.31 Å². The monoisotopic (exact) mass is 273 g/mol. The zero-order valence-corrected chi connectivity index (χ0v) is 11.0. The summed E-state index contributed by atoms with van der Waals surface area (Å²) in [6, 6.07) is 3.60. The predicted molar refractivity (Wildman–Crippen MR) is 64.9 cm³/mol. The van der Waals surface area contributed by atoms with Gasteiger partial charge in [-0.25, -0.2) is 12.8 Å². The molecule has 1 aliphatic rings. The molecule has 1 N–H and O–H groups in total. The van der Waals surface area contributed by atoms with Gasteiger partial charge in [0.15, 0.2) is 0 Å². The van der Waals surface area contributed by atoms with Gasteiger partial charge in [-0.2, -0.15) is 4.31 Å². The van der Waals surface area contributed by atoms with Crippen molar-refractivity contribution >= 4 is 10.0 Å². The molecule has 0 saturated heterocycles. The van der Waals surface area contributed by atoms with Crippen molar-refractivity contribution in [1.29, 1.82) is 0 Å². The van der Waals surface area contributed by atoms with E-state index in [-0.39, 0.29) is 16.5 Å². The Morgan fingerprint density at radius 2 is 2.11 bits per heavy atom. The van der Waals surface area contributed by atoms with Crippen molar-refractivity contribution in [3.8, 4) is 0 Å². The van der Waals surface area contributed by atoms with Crippen LogP contribution in [-0.4, -0.2) is 30.4 Å². The van der Waals surface area contributed by atoms with Gasteiger partial charge >= 0.3 is 0 Å². The van der Waals surface area contributed by atoms with E-state index in [1.165, 1.54) is 16.4 Å². The molecule has 1 aromatic carbocycles. The average molecular weight is 273 g/mol. The summed E-state index contributed by atoms with van der Waals surface area (Å²) in [4.78, 5) is 0.0432. The van der Waals surface area contributed by atoms with E-state index in [1.54, 1.807) is 6.92 Å². The Kier molecular flexibility index (Phi) is 3.70. The highest BCUT2D eigenvalue weighted by Gasteiger charge is 2.37. The Hall–Kier alpha value is -0.980. The first-order valence-electron chi connectivity index (χ1n) is 5.91. The molecule has 1 fully saturated rings. The molecule has 0 radical (unpaired) electrons. The Labute approximate surface area is 106 Å². The second kappa shape index (κ2) is 4.95. The maximum atomic E-state index is 13.2. The third-order valence-corrected chi connectivity index (χ3v) is 5.08. The van der Waals surface area contributed by atoms with Crippen LogP contribution in [0, 0.1) is 5.82 Å². The molecule has 0 atom stereocenters. The SMILES string of the molecule is CCN(C1CC1)S(=O)(=O)c1ccc(F)c(CO)c1. The molecule has 0 spiro atoms. The minimum atomic E-state index is -3.58. The molecule has 6 heteroatoms. The van der Waals surface area contributed by atoms with Crippen LogP contribution in [0.4, 0.5) is 4.39 Å². The third-order valence-electron chi connectivity index (χ3n) is 3.06. The number of nitrogens with zero attached hydrogens (tertiary/aromatic N) is 1. The molecule has 1 saturated carbocycles. The van der Waals surface area contributed by atoms with E-state index in [4.69, 9.17) is 5.11 Å². The lowest BCUT2D eigenvalue weighted by atomic mass is 10.2. The van der Waals surface area contributed by atoms with Crippen LogP contribution in [0.25, 0.3) is 0 Å². The second-order valence-electron chi connectivity index (χ2n) is 4.35. The van der Waals surface area contributed by atoms with E-state index in [0.717, 1.165) is 18.9 Å². The fourth-order valence-corrected chi connectivity index (χ4v) is 3.70. The van der Waals surface area contributed by atoms with Crippen LogP contribution in [0.15, 0.2) is 23.1 Å². The van der Waals surface area contributed by atoms with Gasteiger partial charge in [0, 0.05) is 18.2 Å². The van der Waals surface area contributed by atoms with Crippen molar-refractivity contribution < 1.29 is 17.9 Å². The van der Waals surface area contributed by atoms with Crippen molar-refractivity contribution in [2.75, 3.05) is 6.54 Å². The molecule has 0 bridgehead atoms. The molecule has 0 unspecified atom stereocenters. The van der Waals surface area contributed by atoms with E-state index in [2.05, 4.69) is 0 Å². The Balaban J connectivity index is 2.40. The number of halogens is 1. The molecule has 1 aliphatic carbocycles. The number of aliphatic hydroxyl groups is 1. The van der Waals surface area contributed by atoms with E-state index in [0.29, 0.717) is 6.54 Å². The standard InChI is InChI=1S/C12H16FNO3S/c1-2-14(10-3-4-10)18(16,17)11-5-6-12(13)9(7-11)8-15/h5-7,10,15H,2-4,8H2,1H3. The van der Waals surface area contributed by atoms with Crippen molar-refractivity contribution in [2.45, 2.75) is 37.3 Å². The molecule has 0 heterocycles. The number of aliphatic hydroxyl groups excluding tert-OH is 1. The second-order valence-corrected chi connectivity index (χ2v) is 6.24. The normalized spacial score (nSPS) is 16.2. The van der Waals surface area contributed by atoms with Gasteiger partial charge in [-0.1, -0.05) is 6.92 Å². The highest BCUT2D eigenvalue weighted by atomic mass is 32.2. The number of sulfonamides is 1. The summed E-state index contributed by atoms with van der Waals surface area (Å²) in [5.41, 5.74) is 0.00271. The highest BCUT2D eigenvalue weighted by Crippen LogP contribution is 2.32. The molecule has 100 valence electrons. The lowest BCUT2D eigenvalue weighted by Gasteiger charge is -2.20. The number of hydrogen-bond acceptors (Lipinski definition) is 3. The molecule has 4 nitrogen and oxygen atoms in total. The molecule has 2 rings (SSSR count). The van der Waals surface area contributed by atoms with Crippen LogP contribution in [0.1, 0.15) is 25.3 Å². The van der Waals surface area contributed by atoms with Crippen LogP contribution in [0.5, 0.6) is 0 Å². The predicted octanol–water partition coefficient (Wildman–Crippen LogP) is 1.49. The molecule has 0 amide bonds. The van der Waals surface area contributed by atoms with Crippen LogP contribution >= 0.6 is 0 Å². The van der Waals surface area contributed by atoms with Crippen LogP contribution < -0.4 is 0 Å². The Morgan fingerprint density at radius 3 is 2.61 bits per heavy atom. The van der Waals surface area contributed by atoms with E-state index in [9.17, 15) is 12.8 Å². The first kappa shape index (κ1) is 13.5. The largest absolute Gasteiger partial charge is 0.392 e. The first-order valence-corrected chi connectivity index (χ1v) is 7.35. The topological polar surface area (TPSA) is 57.6 Å². The average Bonchev–Trinajstić information content (AvgIpc) is 3.14. The summed E-state index contributed by atoms with van der Waals surface area (Å²) in [5, 5.41) is 8.98. The summed E-state index contributed by atoms with van der Waals surface area (Å²) in [5.74, 6) is -0.592. The van der Waals surface area contributed by atoms with Crippen LogP contribution in [-0.2, 0) is 16.6 Å². The van der Waals surface area contributed by atoms with Crippen molar-refractivity contribution in [2.24, 2.45) is 0 Å². The van der Waals surface area contributed by atoms with E-state index in [1.807, 2.05) is 0 Å². The maximum absolute atomic E-state index is 13.2. The molecule has 18 heavy (non-hydrogen) atoms. The lowest BCUT2D eigenvalue weighted by molar-refractivity contribution is 0.275. The Bertz CT molecular complexity index is 540. The fraction of sp³-hybridized carbons (Fsp3) is 0.500. The van der Waals surface area contributed by atoms with Gasteiger partial charge in [-0.05, 0) is 31.0 Å². The number of hydrogen-bond donors (Lipinski definition) is 1.